The highest BCUT2D eigenvalue weighted by molar-refractivity contribution is 6.06. The molecule has 164 valence electrons. The number of ether oxygens (including phenoxy) is 1. The fourth-order valence-corrected chi connectivity index (χ4v) is 3.46. The lowest BCUT2D eigenvalue weighted by atomic mass is 10.0. The first-order valence-electron chi connectivity index (χ1n) is 10.3. The van der Waals surface area contributed by atoms with E-state index in [2.05, 4.69) is 0 Å². The second-order valence-electron chi connectivity index (χ2n) is 7.42. The number of carbonyl (C=O) groups excluding carboxylic acids is 3. The Morgan fingerprint density at radius 1 is 0.848 bits per heavy atom. The molecule has 0 fully saturated rings. The van der Waals surface area contributed by atoms with Crippen molar-refractivity contribution in [3.63, 3.8) is 0 Å². The van der Waals surface area contributed by atoms with Crippen LogP contribution >= 0.6 is 0 Å². The van der Waals surface area contributed by atoms with E-state index in [1.54, 1.807) is 24.3 Å². The molecular weight excluding hydrogens is 418 g/mol. The molecule has 7 nitrogen and oxygen atoms in total. The molecule has 4 aromatic rings. The van der Waals surface area contributed by atoms with Crippen LogP contribution in [0.2, 0.25) is 0 Å². The number of carbonyl (C=O) groups is 3. The molecule has 1 atom stereocenters. The number of esters is 1. The van der Waals surface area contributed by atoms with Gasteiger partial charge < -0.3 is 10.5 Å². The zero-order chi connectivity index (χ0) is 23.4. The van der Waals surface area contributed by atoms with Crippen LogP contribution in [0.3, 0.4) is 0 Å². The number of fused-ring (bicyclic) bond motifs is 1. The lowest BCUT2D eigenvalue weighted by Crippen LogP contribution is -2.42. The number of nitrogens with two attached hydrogens (primary N) is 1. The minimum absolute atomic E-state index is 0.265. The number of urea groups is 1. The third-order valence-corrected chi connectivity index (χ3v) is 5.12. The Labute approximate surface area is 190 Å². The van der Waals surface area contributed by atoms with E-state index in [9.17, 15) is 14.4 Å². The van der Waals surface area contributed by atoms with E-state index in [1.807, 2.05) is 66.0 Å². The highest BCUT2D eigenvalue weighted by Gasteiger charge is 2.22. The molecule has 1 aromatic heterocycles. The molecule has 0 bridgehead atoms. The van der Waals surface area contributed by atoms with Crippen LogP contribution in [0, 0.1) is 0 Å². The molecule has 0 spiro atoms. The Bertz CT molecular complexity index is 1340. The summed E-state index contributed by atoms with van der Waals surface area (Å²) in [6.45, 7) is 1.36. The molecule has 0 aliphatic carbocycles. The summed E-state index contributed by atoms with van der Waals surface area (Å²) in [6, 6.07) is 25.7. The van der Waals surface area contributed by atoms with Crippen LogP contribution in [0.4, 0.5) is 4.79 Å². The van der Waals surface area contributed by atoms with Gasteiger partial charge in [0, 0.05) is 10.9 Å². The topological polar surface area (TPSA) is 111 Å². The van der Waals surface area contributed by atoms with Crippen molar-refractivity contribution >= 4 is 28.8 Å². The van der Waals surface area contributed by atoms with Gasteiger partial charge in [-0.3, -0.25) is 10.1 Å². The fourth-order valence-electron chi connectivity index (χ4n) is 3.46. The molecule has 0 aliphatic heterocycles. The third-order valence-electron chi connectivity index (χ3n) is 5.12. The number of benzene rings is 3. The van der Waals surface area contributed by atoms with Gasteiger partial charge in [0.2, 0.25) is 0 Å². The van der Waals surface area contributed by atoms with Crippen molar-refractivity contribution in [1.29, 1.82) is 0 Å². The number of nitrogens with zero attached hydrogens (tertiary/aromatic N) is 1. The highest BCUT2D eigenvalue weighted by Crippen LogP contribution is 2.28. The molecule has 33 heavy (non-hydrogen) atoms. The summed E-state index contributed by atoms with van der Waals surface area (Å²) >= 11 is 0. The monoisotopic (exact) mass is 439 g/mol. The maximum absolute atomic E-state index is 12.9. The molecule has 0 saturated heterocycles. The quantitative estimate of drug-likeness (QED) is 0.450. The molecule has 7 heteroatoms. The first kappa shape index (κ1) is 21.7. The maximum atomic E-state index is 12.9. The zero-order valence-electron chi connectivity index (χ0n) is 17.8. The van der Waals surface area contributed by atoms with Crippen molar-refractivity contribution in [3.05, 3.63) is 90.5 Å². The number of para-hydroxylation sites is 1. The Morgan fingerprint density at radius 2 is 1.45 bits per heavy atom. The van der Waals surface area contributed by atoms with Crippen molar-refractivity contribution in [2.45, 2.75) is 13.0 Å². The van der Waals surface area contributed by atoms with E-state index in [1.165, 1.54) is 6.92 Å². The summed E-state index contributed by atoms with van der Waals surface area (Å²) in [5, 5.41) is 2.50. The number of pyridine rings is 1. The first-order chi connectivity index (χ1) is 15.9. The number of hydrogen-bond acceptors (Lipinski definition) is 5. The lowest BCUT2D eigenvalue weighted by Gasteiger charge is -2.14. The van der Waals surface area contributed by atoms with E-state index in [4.69, 9.17) is 15.5 Å². The minimum atomic E-state index is -1.20. The van der Waals surface area contributed by atoms with Crippen LogP contribution in [-0.2, 0) is 9.53 Å². The van der Waals surface area contributed by atoms with Crippen molar-refractivity contribution in [1.82, 2.24) is 10.3 Å². The summed E-state index contributed by atoms with van der Waals surface area (Å²) < 4.78 is 5.29. The Balaban J connectivity index is 1.68. The smallest absolute Gasteiger partial charge is 0.339 e. The van der Waals surface area contributed by atoms with Crippen LogP contribution < -0.4 is 11.1 Å². The number of nitrogens with one attached hydrogen (secondary N) is 1. The summed E-state index contributed by atoms with van der Waals surface area (Å²) in [6.07, 6.45) is -1.20. The number of hydrogen-bond donors (Lipinski definition) is 2. The van der Waals surface area contributed by atoms with Crippen LogP contribution in [-0.4, -0.2) is 29.0 Å². The molecule has 0 aliphatic rings. The van der Waals surface area contributed by atoms with Gasteiger partial charge in [0.15, 0.2) is 6.10 Å². The van der Waals surface area contributed by atoms with Crippen molar-refractivity contribution in [3.8, 4) is 22.4 Å². The summed E-state index contributed by atoms with van der Waals surface area (Å²) in [5.41, 5.74) is 9.42. The molecule has 0 unspecified atom stereocenters. The first-order valence-corrected chi connectivity index (χ1v) is 10.3. The van der Waals surface area contributed by atoms with Crippen molar-refractivity contribution in [2.24, 2.45) is 5.73 Å². The van der Waals surface area contributed by atoms with Gasteiger partial charge in [-0.25, -0.2) is 14.6 Å². The molecule has 0 saturated carbocycles. The minimum Gasteiger partial charge on any atom is -0.449 e. The molecule has 1 heterocycles. The maximum Gasteiger partial charge on any atom is 0.339 e. The number of rotatable bonds is 5. The predicted molar refractivity (Wildman–Crippen MR) is 125 cm³/mol. The van der Waals surface area contributed by atoms with E-state index in [-0.39, 0.29) is 5.56 Å². The van der Waals surface area contributed by atoms with E-state index in [0.717, 1.165) is 16.7 Å². The van der Waals surface area contributed by atoms with E-state index >= 15 is 0 Å². The van der Waals surface area contributed by atoms with E-state index < -0.39 is 24.0 Å². The molecule has 0 radical (unpaired) electrons. The standard InChI is InChI=1S/C26H21N3O4/c1-16(24(30)29-26(27)32)33-25(31)21-15-23(28-22-10-6-5-9-20(21)22)19-13-11-18(12-14-19)17-7-3-2-4-8-17/h2-16H,1H3,(H3,27,29,30,32)/t16-/m0/s1. The number of imide groups is 1. The van der Waals surface area contributed by atoms with Crippen LogP contribution in [0.15, 0.2) is 84.9 Å². The molecule has 3 aromatic carbocycles. The highest BCUT2D eigenvalue weighted by atomic mass is 16.5. The molecule has 3 amide bonds. The largest absolute Gasteiger partial charge is 0.449 e. The van der Waals surface area contributed by atoms with Gasteiger partial charge in [0.1, 0.15) is 0 Å². The normalized spacial score (nSPS) is 11.5. The van der Waals surface area contributed by atoms with Gasteiger partial charge in [0.25, 0.3) is 5.91 Å². The molecule has 3 N–H and O–H groups in total. The van der Waals surface area contributed by atoms with Crippen LogP contribution in [0.25, 0.3) is 33.3 Å². The van der Waals surface area contributed by atoms with Crippen LogP contribution in [0.5, 0.6) is 0 Å². The number of amides is 3. The predicted octanol–water partition coefficient (Wildman–Crippen LogP) is 4.31. The zero-order valence-corrected chi connectivity index (χ0v) is 17.8. The van der Waals surface area contributed by atoms with Gasteiger partial charge in [-0.1, -0.05) is 72.8 Å². The van der Waals surface area contributed by atoms with Gasteiger partial charge in [-0.2, -0.15) is 0 Å². The third kappa shape index (κ3) is 4.88. The molecular formula is C26H21N3O4. The van der Waals surface area contributed by atoms with Gasteiger partial charge in [-0.15, -0.1) is 0 Å². The van der Waals surface area contributed by atoms with Crippen molar-refractivity contribution in [2.75, 3.05) is 0 Å². The van der Waals surface area contributed by atoms with Gasteiger partial charge in [-0.05, 0) is 30.2 Å². The number of primary amides is 1. The summed E-state index contributed by atoms with van der Waals surface area (Å²) in [4.78, 5) is 40.5. The van der Waals surface area contributed by atoms with E-state index in [0.29, 0.717) is 16.6 Å². The van der Waals surface area contributed by atoms with Gasteiger partial charge >= 0.3 is 12.0 Å². The average molecular weight is 439 g/mol. The second kappa shape index (κ2) is 9.32. The van der Waals surface area contributed by atoms with Crippen LogP contribution in [0.1, 0.15) is 17.3 Å². The van der Waals surface area contributed by atoms with Gasteiger partial charge in [0.05, 0.1) is 16.8 Å². The average Bonchev–Trinajstić information content (AvgIpc) is 2.83. The summed E-state index contributed by atoms with van der Waals surface area (Å²) in [5.74, 6) is -1.51. The SMILES string of the molecule is C[C@H](OC(=O)c1cc(-c2ccc(-c3ccccc3)cc2)nc2ccccc12)C(=O)NC(N)=O. The second-order valence-corrected chi connectivity index (χ2v) is 7.42. The number of aromatic nitrogens is 1. The van der Waals surface area contributed by atoms with Crippen molar-refractivity contribution < 1.29 is 19.1 Å². The molecule has 4 rings (SSSR count). The fraction of sp³-hybridized carbons (Fsp3) is 0.0769. The Morgan fingerprint density at radius 3 is 2.15 bits per heavy atom. The summed E-state index contributed by atoms with van der Waals surface area (Å²) in [7, 11) is 0. The lowest BCUT2D eigenvalue weighted by molar-refractivity contribution is -0.127. The Kier molecular flexibility index (Phi) is 6.13. The Hall–Kier alpha value is -4.52.